The van der Waals surface area contributed by atoms with Crippen molar-refractivity contribution in [3.63, 3.8) is 0 Å². The Morgan fingerprint density at radius 2 is 1.50 bits per heavy atom. The van der Waals surface area contributed by atoms with Crippen molar-refractivity contribution in [1.82, 2.24) is 0 Å². The average molecular weight is 267 g/mol. The molecule has 0 spiro atoms. The molecule has 1 rings (SSSR count). The molecule has 0 amide bonds. The highest BCUT2D eigenvalue weighted by Gasteiger charge is 2.41. The fourth-order valence-corrected chi connectivity index (χ4v) is 8.77. The molecule has 18 heavy (non-hydrogen) atoms. The molecule has 0 aromatic carbocycles. The van der Waals surface area contributed by atoms with E-state index in [9.17, 15) is 0 Å². The fourth-order valence-electron chi connectivity index (χ4n) is 3.49. The van der Waals surface area contributed by atoms with Gasteiger partial charge in [-0.15, -0.1) is 5.54 Å². The first-order valence-electron chi connectivity index (χ1n) is 7.55. The first kappa shape index (κ1) is 15.8. The van der Waals surface area contributed by atoms with Crippen LogP contribution in [0.2, 0.25) is 16.6 Å². The molecule has 1 aliphatic heterocycles. The summed E-state index contributed by atoms with van der Waals surface area (Å²) in [6.45, 7) is 15.1. The molecular formula is C16H30OSi. The SMILES string of the molecule is CC(C)[Si](C#CC1CCCCO1)(C(C)C)C(C)C. The van der Waals surface area contributed by atoms with Crippen molar-refractivity contribution >= 4 is 8.07 Å². The van der Waals surface area contributed by atoms with Gasteiger partial charge in [0, 0.05) is 6.61 Å². The maximum atomic E-state index is 5.76. The van der Waals surface area contributed by atoms with E-state index in [-0.39, 0.29) is 6.10 Å². The zero-order valence-corrected chi connectivity index (χ0v) is 14.0. The van der Waals surface area contributed by atoms with Crippen LogP contribution in [0.25, 0.3) is 0 Å². The van der Waals surface area contributed by atoms with Gasteiger partial charge < -0.3 is 4.74 Å². The molecule has 1 aliphatic rings. The maximum Gasteiger partial charge on any atom is 0.146 e. The van der Waals surface area contributed by atoms with E-state index in [0.29, 0.717) is 16.6 Å². The zero-order chi connectivity index (χ0) is 13.8. The van der Waals surface area contributed by atoms with E-state index in [0.717, 1.165) is 13.0 Å². The van der Waals surface area contributed by atoms with Crippen LogP contribution in [0, 0.1) is 11.5 Å². The van der Waals surface area contributed by atoms with Crippen LogP contribution in [-0.4, -0.2) is 20.8 Å². The summed E-state index contributed by atoms with van der Waals surface area (Å²) in [5.74, 6) is 3.50. The highest BCUT2D eigenvalue weighted by Crippen LogP contribution is 2.40. The van der Waals surface area contributed by atoms with Crippen LogP contribution in [0.3, 0.4) is 0 Å². The summed E-state index contributed by atoms with van der Waals surface area (Å²) in [7, 11) is -1.55. The Morgan fingerprint density at radius 3 is 1.89 bits per heavy atom. The largest absolute Gasteiger partial charge is 0.366 e. The van der Waals surface area contributed by atoms with Crippen LogP contribution < -0.4 is 0 Å². The van der Waals surface area contributed by atoms with E-state index in [1.54, 1.807) is 0 Å². The molecule has 1 saturated heterocycles. The smallest absolute Gasteiger partial charge is 0.146 e. The van der Waals surface area contributed by atoms with Crippen molar-refractivity contribution in [2.75, 3.05) is 6.61 Å². The maximum absolute atomic E-state index is 5.76. The lowest BCUT2D eigenvalue weighted by Gasteiger charge is -2.38. The molecule has 0 aromatic rings. The average Bonchev–Trinajstić information content (AvgIpc) is 2.29. The van der Waals surface area contributed by atoms with Gasteiger partial charge in [0.1, 0.15) is 14.2 Å². The van der Waals surface area contributed by atoms with E-state index < -0.39 is 8.07 Å². The second kappa shape index (κ2) is 6.77. The molecule has 0 aliphatic carbocycles. The molecule has 1 heterocycles. The van der Waals surface area contributed by atoms with Gasteiger partial charge in [0.05, 0.1) is 0 Å². The lowest BCUT2D eigenvalue weighted by atomic mass is 10.1. The Bertz CT molecular complexity index is 281. The molecule has 0 bridgehead atoms. The molecule has 2 heteroatoms. The minimum atomic E-state index is -1.55. The summed E-state index contributed by atoms with van der Waals surface area (Å²) in [5, 5.41) is 0. The van der Waals surface area contributed by atoms with Crippen LogP contribution in [0.4, 0.5) is 0 Å². The summed E-state index contributed by atoms with van der Waals surface area (Å²) in [5.41, 5.74) is 5.91. The van der Waals surface area contributed by atoms with Crippen LogP contribution in [-0.2, 0) is 4.74 Å². The molecule has 1 atom stereocenters. The van der Waals surface area contributed by atoms with Crippen molar-refractivity contribution < 1.29 is 4.74 Å². The van der Waals surface area contributed by atoms with Gasteiger partial charge in [0.25, 0.3) is 0 Å². The predicted octanol–water partition coefficient (Wildman–Crippen LogP) is 4.78. The number of hydrogen-bond acceptors (Lipinski definition) is 1. The molecule has 1 fully saturated rings. The standard InChI is InChI=1S/C16H30OSi/c1-13(2)18(14(3)4,15(5)6)12-10-16-9-7-8-11-17-16/h13-16H,7-9,11H2,1-6H3. The van der Waals surface area contributed by atoms with Crippen molar-refractivity contribution in [2.45, 2.75) is 83.5 Å². The van der Waals surface area contributed by atoms with Gasteiger partial charge >= 0.3 is 0 Å². The van der Waals surface area contributed by atoms with Gasteiger partial charge in [-0.1, -0.05) is 47.5 Å². The molecule has 0 aromatic heterocycles. The summed E-state index contributed by atoms with van der Waals surface area (Å²) >= 11 is 0. The predicted molar refractivity (Wildman–Crippen MR) is 82.4 cm³/mol. The highest BCUT2D eigenvalue weighted by molar-refractivity contribution is 6.90. The third-order valence-corrected chi connectivity index (χ3v) is 10.8. The van der Waals surface area contributed by atoms with Crippen molar-refractivity contribution in [2.24, 2.45) is 0 Å². The van der Waals surface area contributed by atoms with E-state index in [1.807, 2.05) is 0 Å². The van der Waals surface area contributed by atoms with Crippen molar-refractivity contribution in [3.8, 4) is 11.5 Å². The molecule has 0 saturated carbocycles. The van der Waals surface area contributed by atoms with Crippen molar-refractivity contribution in [1.29, 1.82) is 0 Å². The fraction of sp³-hybridized carbons (Fsp3) is 0.875. The van der Waals surface area contributed by atoms with Gasteiger partial charge in [0.2, 0.25) is 0 Å². The Hall–Kier alpha value is -0.263. The van der Waals surface area contributed by atoms with Gasteiger partial charge in [-0.05, 0) is 35.9 Å². The van der Waals surface area contributed by atoms with Gasteiger partial charge in [0.15, 0.2) is 0 Å². The summed E-state index contributed by atoms with van der Waals surface area (Å²) in [6.07, 6.45) is 3.83. The van der Waals surface area contributed by atoms with Crippen LogP contribution in [0.15, 0.2) is 0 Å². The van der Waals surface area contributed by atoms with Crippen LogP contribution >= 0.6 is 0 Å². The van der Waals surface area contributed by atoms with Gasteiger partial charge in [-0.3, -0.25) is 0 Å². The monoisotopic (exact) mass is 266 g/mol. The third kappa shape index (κ3) is 3.39. The molecule has 1 nitrogen and oxygen atoms in total. The van der Waals surface area contributed by atoms with Gasteiger partial charge in [-0.25, -0.2) is 0 Å². The quantitative estimate of drug-likeness (QED) is 0.528. The Labute approximate surface area is 115 Å². The molecular weight excluding hydrogens is 236 g/mol. The molecule has 1 unspecified atom stereocenters. The number of rotatable bonds is 3. The summed E-state index contributed by atoms with van der Waals surface area (Å²) in [4.78, 5) is 0. The van der Waals surface area contributed by atoms with Crippen molar-refractivity contribution in [3.05, 3.63) is 0 Å². The molecule has 104 valence electrons. The first-order chi connectivity index (χ1) is 8.41. The first-order valence-corrected chi connectivity index (χ1v) is 9.78. The van der Waals surface area contributed by atoms with E-state index in [2.05, 4.69) is 53.0 Å². The van der Waals surface area contributed by atoms with E-state index >= 15 is 0 Å². The normalized spacial score (nSPS) is 21.3. The highest BCUT2D eigenvalue weighted by atomic mass is 28.3. The Kier molecular flexibility index (Phi) is 5.94. The minimum Gasteiger partial charge on any atom is -0.366 e. The van der Waals surface area contributed by atoms with Crippen LogP contribution in [0.1, 0.15) is 60.8 Å². The topological polar surface area (TPSA) is 9.23 Å². The lowest BCUT2D eigenvalue weighted by Crippen LogP contribution is -2.43. The number of ether oxygens (including phenoxy) is 1. The van der Waals surface area contributed by atoms with E-state index in [1.165, 1.54) is 12.8 Å². The van der Waals surface area contributed by atoms with Gasteiger partial charge in [-0.2, -0.15) is 0 Å². The second-order valence-corrected chi connectivity index (χ2v) is 12.1. The zero-order valence-electron chi connectivity index (χ0n) is 13.0. The minimum absolute atomic E-state index is 0.210. The summed E-state index contributed by atoms with van der Waals surface area (Å²) in [6, 6.07) is 0. The molecule has 0 radical (unpaired) electrons. The lowest BCUT2D eigenvalue weighted by molar-refractivity contribution is 0.0526. The summed E-state index contributed by atoms with van der Waals surface area (Å²) < 4.78 is 5.76. The Morgan fingerprint density at radius 1 is 0.944 bits per heavy atom. The van der Waals surface area contributed by atoms with E-state index in [4.69, 9.17) is 4.74 Å². The molecule has 0 N–H and O–H groups in total. The second-order valence-electron chi connectivity index (χ2n) is 6.52. The number of hydrogen-bond donors (Lipinski definition) is 0. The Balaban J connectivity index is 2.93. The van der Waals surface area contributed by atoms with Crippen LogP contribution in [0.5, 0.6) is 0 Å². The third-order valence-electron chi connectivity index (χ3n) is 4.50.